The van der Waals surface area contributed by atoms with E-state index in [4.69, 9.17) is 9.15 Å². The minimum atomic E-state index is -0.372. The Kier molecular flexibility index (Phi) is 3.77. The summed E-state index contributed by atoms with van der Waals surface area (Å²) in [5, 5.41) is 0.914. The van der Waals surface area contributed by atoms with Crippen LogP contribution in [0, 0.1) is 20.8 Å². The lowest BCUT2D eigenvalue weighted by molar-refractivity contribution is -0.127. The molecule has 116 valence electrons. The highest BCUT2D eigenvalue weighted by Crippen LogP contribution is 2.31. The Morgan fingerprint density at radius 3 is 2.55 bits per heavy atom. The van der Waals surface area contributed by atoms with Gasteiger partial charge in [0.15, 0.2) is 11.9 Å². The van der Waals surface area contributed by atoms with Crippen molar-refractivity contribution in [2.24, 2.45) is 0 Å². The predicted molar refractivity (Wildman–Crippen MR) is 84.6 cm³/mol. The first-order chi connectivity index (χ1) is 10.5. The first-order valence-electron chi connectivity index (χ1n) is 7.72. The van der Waals surface area contributed by atoms with E-state index >= 15 is 0 Å². The Balaban J connectivity index is 2.05. The summed E-state index contributed by atoms with van der Waals surface area (Å²) in [6.07, 6.45) is 2.93. The molecule has 1 unspecified atom stereocenters. The van der Waals surface area contributed by atoms with E-state index in [2.05, 4.69) is 0 Å². The summed E-state index contributed by atoms with van der Waals surface area (Å²) in [5.41, 5.74) is 2.56. The van der Waals surface area contributed by atoms with Gasteiger partial charge in [-0.1, -0.05) is 0 Å². The summed E-state index contributed by atoms with van der Waals surface area (Å²) in [6.45, 7) is 5.54. The van der Waals surface area contributed by atoms with Gasteiger partial charge in [-0.15, -0.1) is 0 Å². The predicted octanol–water partition coefficient (Wildman–Crippen LogP) is 3.61. The fourth-order valence-corrected chi connectivity index (χ4v) is 2.98. The minimum Gasteiger partial charge on any atom is -0.482 e. The summed E-state index contributed by atoms with van der Waals surface area (Å²) in [7, 11) is 0. The van der Waals surface area contributed by atoms with Crippen molar-refractivity contribution in [1.29, 1.82) is 0 Å². The summed E-state index contributed by atoms with van der Waals surface area (Å²) in [6, 6.07) is 3.77. The van der Waals surface area contributed by atoms with E-state index in [1.165, 1.54) is 0 Å². The molecule has 0 spiro atoms. The van der Waals surface area contributed by atoms with Gasteiger partial charge in [0.2, 0.25) is 0 Å². The van der Waals surface area contributed by atoms with Gasteiger partial charge in [0.05, 0.1) is 0 Å². The number of benzene rings is 1. The van der Waals surface area contributed by atoms with Crippen molar-refractivity contribution < 1.29 is 13.9 Å². The zero-order chi connectivity index (χ0) is 15.9. The molecule has 0 amide bonds. The normalized spacial score (nSPS) is 18.7. The van der Waals surface area contributed by atoms with Gasteiger partial charge in [-0.3, -0.25) is 4.79 Å². The lowest BCUT2D eigenvalue weighted by atomic mass is 9.96. The van der Waals surface area contributed by atoms with Crippen LogP contribution in [0.3, 0.4) is 0 Å². The molecule has 0 N–H and O–H groups in total. The molecule has 1 aliphatic rings. The molecule has 22 heavy (non-hydrogen) atoms. The molecule has 0 radical (unpaired) electrons. The SMILES string of the molecule is Cc1c(C)c2ccc(OC3CCCCC3=O)c(C)c2oc1=O. The summed E-state index contributed by atoms with van der Waals surface area (Å²) >= 11 is 0. The largest absolute Gasteiger partial charge is 0.482 e. The van der Waals surface area contributed by atoms with Crippen LogP contribution in [0.1, 0.15) is 42.4 Å². The quantitative estimate of drug-likeness (QED) is 0.795. The number of hydrogen-bond acceptors (Lipinski definition) is 4. The molecule has 1 aromatic heterocycles. The van der Waals surface area contributed by atoms with Gasteiger partial charge in [-0.2, -0.15) is 0 Å². The van der Waals surface area contributed by atoms with Crippen molar-refractivity contribution in [2.75, 3.05) is 0 Å². The molecule has 1 fully saturated rings. The van der Waals surface area contributed by atoms with E-state index in [-0.39, 0.29) is 17.5 Å². The Morgan fingerprint density at radius 2 is 1.82 bits per heavy atom. The van der Waals surface area contributed by atoms with Gasteiger partial charge < -0.3 is 9.15 Å². The smallest absolute Gasteiger partial charge is 0.339 e. The molecule has 1 saturated carbocycles. The van der Waals surface area contributed by atoms with Crippen molar-refractivity contribution >= 4 is 16.8 Å². The molecule has 0 saturated heterocycles. The van der Waals surface area contributed by atoms with Crippen LogP contribution in [-0.2, 0) is 4.79 Å². The minimum absolute atomic E-state index is 0.160. The number of carbonyl (C=O) groups excluding carboxylic acids is 1. The van der Waals surface area contributed by atoms with Crippen LogP contribution in [0.4, 0.5) is 0 Å². The van der Waals surface area contributed by atoms with Crippen molar-refractivity contribution in [2.45, 2.75) is 52.6 Å². The van der Waals surface area contributed by atoms with Gasteiger partial charge in [0.1, 0.15) is 11.3 Å². The highest BCUT2D eigenvalue weighted by atomic mass is 16.5. The van der Waals surface area contributed by atoms with Crippen LogP contribution in [0.15, 0.2) is 21.3 Å². The average molecular weight is 300 g/mol. The van der Waals surface area contributed by atoms with Crippen LogP contribution >= 0.6 is 0 Å². The van der Waals surface area contributed by atoms with E-state index in [1.807, 2.05) is 26.0 Å². The van der Waals surface area contributed by atoms with Crippen LogP contribution in [0.5, 0.6) is 5.75 Å². The standard InChI is InChI=1S/C18H20O4/c1-10-11(2)18(20)22-17-12(3)15(9-8-13(10)17)21-16-7-5-4-6-14(16)19/h8-9,16H,4-7H2,1-3H3. The number of carbonyl (C=O) groups is 1. The van der Waals surface area contributed by atoms with Crippen LogP contribution < -0.4 is 10.4 Å². The van der Waals surface area contributed by atoms with Gasteiger partial charge in [0, 0.05) is 22.9 Å². The second kappa shape index (κ2) is 5.59. The highest BCUT2D eigenvalue weighted by molar-refractivity contribution is 5.86. The molecule has 1 aliphatic carbocycles. The maximum absolute atomic E-state index is 11.9. The monoisotopic (exact) mass is 300 g/mol. The number of rotatable bonds is 2. The van der Waals surface area contributed by atoms with Gasteiger partial charge in [-0.25, -0.2) is 4.79 Å². The molecule has 3 rings (SSSR count). The molecule has 1 aromatic carbocycles. The Labute approximate surface area is 129 Å². The number of hydrogen-bond donors (Lipinski definition) is 0. The third-order valence-corrected chi connectivity index (χ3v) is 4.59. The van der Waals surface area contributed by atoms with Gasteiger partial charge in [0.25, 0.3) is 0 Å². The van der Waals surface area contributed by atoms with Gasteiger partial charge in [-0.05, 0) is 57.7 Å². The number of ketones is 1. The molecular formula is C18H20O4. The molecule has 1 atom stereocenters. The second-order valence-electron chi connectivity index (χ2n) is 6.02. The number of fused-ring (bicyclic) bond motifs is 1. The van der Waals surface area contributed by atoms with Crippen molar-refractivity contribution in [1.82, 2.24) is 0 Å². The number of Topliss-reactive ketones (excluding diaryl/α,β-unsaturated/α-hetero) is 1. The molecule has 0 bridgehead atoms. The molecule has 4 heteroatoms. The van der Waals surface area contributed by atoms with Crippen molar-refractivity contribution in [3.8, 4) is 5.75 Å². The van der Waals surface area contributed by atoms with Crippen molar-refractivity contribution in [3.05, 3.63) is 39.2 Å². The Hall–Kier alpha value is -2.10. The lowest BCUT2D eigenvalue weighted by Crippen LogP contribution is -2.30. The topological polar surface area (TPSA) is 56.5 Å². The molecule has 1 heterocycles. The fourth-order valence-electron chi connectivity index (χ4n) is 2.98. The molecule has 2 aromatic rings. The lowest BCUT2D eigenvalue weighted by Gasteiger charge is -2.23. The number of aryl methyl sites for hydroxylation is 2. The fraction of sp³-hybridized carbons (Fsp3) is 0.444. The van der Waals surface area contributed by atoms with Crippen molar-refractivity contribution in [3.63, 3.8) is 0 Å². The second-order valence-corrected chi connectivity index (χ2v) is 6.02. The van der Waals surface area contributed by atoms with Crippen LogP contribution in [-0.4, -0.2) is 11.9 Å². The molecule has 4 nitrogen and oxygen atoms in total. The summed E-state index contributed by atoms with van der Waals surface area (Å²) < 4.78 is 11.3. The van der Waals surface area contributed by atoms with E-state index in [0.717, 1.165) is 35.8 Å². The first kappa shape index (κ1) is 14.8. The molecular weight excluding hydrogens is 280 g/mol. The van der Waals surface area contributed by atoms with E-state index in [1.54, 1.807) is 6.92 Å². The average Bonchev–Trinajstić information content (AvgIpc) is 2.50. The van der Waals surface area contributed by atoms with E-state index in [9.17, 15) is 9.59 Å². The number of ether oxygens (including phenoxy) is 1. The maximum atomic E-state index is 11.9. The van der Waals surface area contributed by atoms with E-state index in [0.29, 0.717) is 23.3 Å². The van der Waals surface area contributed by atoms with Crippen LogP contribution in [0.2, 0.25) is 0 Å². The third kappa shape index (κ3) is 2.43. The highest BCUT2D eigenvalue weighted by Gasteiger charge is 2.25. The van der Waals surface area contributed by atoms with Gasteiger partial charge >= 0.3 is 5.63 Å². The van der Waals surface area contributed by atoms with Crippen LogP contribution in [0.25, 0.3) is 11.0 Å². The third-order valence-electron chi connectivity index (χ3n) is 4.59. The molecule has 0 aliphatic heterocycles. The zero-order valence-corrected chi connectivity index (χ0v) is 13.2. The first-order valence-corrected chi connectivity index (χ1v) is 7.72. The summed E-state index contributed by atoms with van der Waals surface area (Å²) in [5.74, 6) is 0.784. The summed E-state index contributed by atoms with van der Waals surface area (Å²) in [4.78, 5) is 23.8. The maximum Gasteiger partial charge on any atom is 0.339 e. The zero-order valence-electron chi connectivity index (χ0n) is 13.2. The Bertz CT molecular complexity index is 801. The van der Waals surface area contributed by atoms with E-state index < -0.39 is 0 Å². The Morgan fingerprint density at radius 1 is 1.05 bits per heavy atom.